The molecule has 1 aromatic carbocycles. The Bertz CT molecular complexity index is 1230. The molecule has 0 radical (unpaired) electrons. The fourth-order valence-electron chi connectivity index (χ4n) is 7.24. The first kappa shape index (κ1) is 33.4. The number of likely N-dealkylation sites (tertiary alicyclic amines) is 1. The molecule has 44 heavy (non-hydrogen) atoms. The summed E-state index contributed by atoms with van der Waals surface area (Å²) in [5, 5.41) is 13.2. The minimum atomic E-state index is -1.22. The van der Waals surface area contributed by atoms with E-state index < -0.39 is 53.7 Å². The maximum Gasteiger partial charge on any atom is 0.313 e. The van der Waals surface area contributed by atoms with Gasteiger partial charge in [0.2, 0.25) is 17.7 Å². The van der Waals surface area contributed by atoms with Crippen LogP contribution in [0.25, 0.3) is 0 Å². The largest absolute Gasteiger partial charge is 0.455 e. The summed E-state index contributed by atoms with van der Waals surface area (Å²) in [6.45, 7) is 14.9. The lowest BCUT2D eigenvalue weighted by atomic mass is 9.70. The fourth-order valence-corrected chi connectivity index (χ4v) is 7.24. The van der Waals surface area contributed by atoms with Crippen LogP contribution in [0.2, 0.25) is 0 Å². The van der Waals surface area contributed by atoms with Crippen LogP contribution in [-0.4, -0.2) is 87.6 Å². The molecule has 3 amide bonds. The van der Waals surface area contributed by atoms with Gasteiger partial charge in [0.1, 0.15) is 17.7 Å². The van der Waals surface area contributed by atoms with Gasteiger partial charge in [-0.3, -0.25) is 19.2 Å². The van der Waals surface area contributed by atoms with Crippen LogP contribution >= 0.6 is 0 Å². The average molecular weight is 610 g/mol. The standard InChI is InChI=1S/C34H47N3O7/c1-7-10-16-26(39)35-22(6)29(23-14-12-11-13-15-23)43-33(42)27-25-17-18-34(44-25)28(27)31(40)37(24(9-3)20-38)30(34)32(41)36(19-8-2)21(4)5/h7-8,11-15,21-22,24-25,27-30,38H,1-2,9-10,16-20H2,3-6H3,(H,35,39)/t22-,24+,25+,27-,28-,29-,30+,34-/m1/s1. The number of nitrogens with zero attached hydrogens (tertiary/aromatic N) is 2. The molecule has 3 heterocycles. The summed E-state index contributed by atoms with van der Waals surface area (Å²) >= 11 is 0. The number of aliphatic hydroxyl groups is 1. The summed E-state index contributed by atoms with van der Waals surface area (Å²) in [7, 11) is 0. The molecule has 0 unspecified atom stereocenters. The molecule has 0 saturated carbocycles. The normalized spacial score (nSPS) is 27.4. The first-order chi connectivity index (χ1) is 21.1. The van der Waals surface area contributed by atoms with Gasteiger partial charge in [0.25, 0.3) is 0 Å². The number of aliphatic hydroxyl groups excluding tert-OH is 1. The molecule has 4 rings (SSSR count). The topological polar surface area (TPSA) is 125 Å². The molecule has 3 saturated heterocycles. The van der Waals surface area contributed by atoms with E-state index in [0.717, 1.165) is 0 Å². The SMILES string of the molecule is C=CCCC(=O)N[C@H](C)[C@@H](OC(=O)[C@@H]1[C@@H]2CC[C@]3(O2)[C@H](C(=O)N(CC=C)C(C)C)N([C@@H](CC)CO)C(=O)[C@@H]13)c1ccccc1. The molecule has 240 valence electrons. The van der Waals surface area contributed by atoms with Crippen molar-refractivity contribution in [3.05, 3.63) is 61.2 Å². The van der Waals surface area contributed by atoms with E-state index in [1.807, 2.05) is 51.1 Å². The van der Waals surface area contributed by atoms with Gasteiger partial charge in [-0.05, 0) is 52.0 Å². The van der Waals surface area contributed by atoms with Crippen molar-refractivity contribution in [3.8, 4) is 0 Å². The molecule has 1 aromatic rings. The Morgan fingerprint density at radius 2 is 1.91 bits per heavy atom. The molecule has 3 aliphatic heterocycles. The van der Waals surface area contributed by atoms with Crippen LogP contribution in [0, 0.1) is 11.8 Å². The maximum absolute atomic E-state index is 14.3. The highest BCUT2D eigenvalue weighted by Crippen LogP contribution is 2.59. The number of allylic oxidation sites excluding steroid dienone is 1. The van der Waals surface area contributed by atoms with E-state index in [4.69, 9.17) is 9.47 Å². The molecule has 3 aliphatic rings. The highest BCUT2D eigenvalue weighted by Gasteiger charge is 2.75. The van der Waals surface area contributed by atoms with Gasteiger partial charge in [0.15, 0.2) is 0 Å². The number of hydrogen-bond acceptors (Lipinski definition) is 7. The molecular weight excluding hydrogens is 562 g/mol. The van der Waals surface area contributed by atoms with E-state index in [0.29, 0.717) is 31.2 Å². The fraction of sp³-hybridized carbons (Fsp3) is 0.588. The molecule has 2 N–H and O–H groups in total. The van der Waals surface area contributed by atoms with Gasteiger partial charge in [-0.25, -0.2) is 0 Å². The molecule has 1 spiro atoms. The number of nitrogens with one attached hydrogen (secondary N) is 1. The molecule has 3 fully saturated rings. The second-order valence-electron chi connectivity index (χ2n) is 12.4. The summed E-state index contributed by atoms with van der Waals surface area (Å²) in [4.78, 5) is 58.4. The number of carbonyl (C=O) groups excluding carboxylic acids is 4. The Hall–Kier alpha value is -3.50. The van der Waals surface area contributed by atoms with Crippen LogP contribution in [0.3, 0.4) is 0 Å². The van der Waals surface area contributed by atoms with Crippen molar-refractivity contribution in [3.63, 3.8) is 0 Å². The number of benzene rings is 1. The molecule has 0 aliphatic carbocycles. The summed E-state index contributed by atoms with van der Waals surface area (Å²) in [6.07, 6.45) is 4.03. The van der Waals surface area contributed by atoms with E-state index in [2.05, 4.69) is 18.5 Å². The van der Waals surface area contributed by atoms with E-state index in [-0.39, 0.29) is 43.3 Å². The molecule has 10 heteroatoms. The highest BCUT2D eigenvalue weighted by molar-refractivity contribution is 5.98. The van der Waals surface area contributed by atoms with Crippen molar-refractivity contribution >= 4 is 23.7 Å². The van der Waals surface area contributed by atoms with Gasteiger partial charge in [-0.1, -0.05) is 49.4 Å². The van der Waals surface area contributed by atoms with Crippen LogP contribution in [-0.2, 0) is 28.7 Å². The quantitative estimate of drug-likeness (QED) is 0.231. The predicted molar refractivity (Wildman–Crippen MR) is 165 cm³/mol. The van der Waals surface area contributed by atoms with Crippen molar-refractivity contribution in [2.75, 3.05) is 13.2 Å². The van der Waals surface area contributed by atoms with Crippen molar-refractivity contribution in [2.24, 2.45) is 11.8 Å². The van der Waals surface area contributed by atoms with Gasteiger partial charge in [-0.15, -0.1) is 13.2 Å². The Morgan fingerprint density at radius 1 is 1.20 bits per heavy atom. The zero-order valence-electron chi connectivity index (χ0n) is 26.3. The van der Waals surface area contributed by atoms with Gasteiger partial charge in [0, 0.05) is 19.0 Å². The summed E-state index contributed by atoms with van der Waals surface area (Å²) in [5.74, 6) is -3.33. The lowest BCUT2D eigenvalue weighted by Gasteiger charge is -2.40. The van der Waals surface area contributed by atoms with Gasteiger partial charge in [-0.2, -0.15) is 0 Å². The number of esters is 1. The van der Waals surface area contributed by atoms with Crippen LogP contribution in [0.4, 0.5) is 0 Å². The van der Waals surface area contributed by atoms with E-state index in [1.54, 1.807) is 24.0 Å². The highest BCUT2D eigenvalue weighted by atomic mass is 16.6. The molecule has 8 atom stereocenters. The number of amides is 3. The third kappa shape index (κ3) is 6.06. The van der Waals surface area contributed by atoms with Gasteiger partial charge >= 0.3 is 5.97 Å². The minimum Gasteiger partial charge on any atom is -0.455 e. The zero-order valence-corrected chi connectivity index (χ0v) is 26.3. The Balaban J connectivity index is 1.68. The third-order valence-electron chi connectivity index (χ3n) is 9.34. The third-order valence-corrected chi connectivity index (χ3v) is 9.34. The first-order valence-electron chi connectivity index (χ1n) is 15.7. The summed E-state index contributed by atoms with van der Waals surface area (Å²) < 4.78 is 12.7. The monoisotopic (exact) mass is 609 g/mol. The molecule has 0 aromatic heterocycles. The number of ether oxygens (including phenoxy) is 2. The van der Waals surface area contributed by atoms with Gasteiger partial charge in [0.05, 0.1) is 36.6 Å². The van der Waals surface area contributed by atoms with Crippen molar-refractivity contribution < 1.29 is 33.8 Å². The molecule has 10 nitrogen and oxygen atoms in total. The Kier molecular flexibility index (Phi) is 10.7. The van der Waals surface area contributed by atoms with Crippen molar-refractivity contribution in [1.82, 2.24) is 15.1 Å². The molecular formula is C34H47N3O7. The van der Waals surface area contributed by atoms with Crippen LogP contribution in [0.5, 0.6) is 0 Å². The lowest BCUT2D eigenvalue weighted by molar-refractivity contribution is -0.162. The average Bonchev–Trinajstić information content (AvgIpc) is 3.65. The van der Waals surface area contributed by atoms with Crippen molar-refractivity contribution in [2.45, 2.75) is 102 Å². The number of carbonyl (C=O) groups is 4. The summed E-state index contributed by atoms with van der Waals surface area (Å²) in [5.41, 5.74) is -0.515. The predicted octanol–water partition coefficient (Wildman–Crippen LogP) is 3.31. The van der Waals surface area contributed by atoms with Crippen molar-refractivity contribution in [1.29, 1.82) is 0 Å². The lowest BCUT2D eigenvalue weighted by Crippen LogP contribution is -2.59. The summed E-state index contributed by atoms with van der Waals surface area (Å²) in [6, 6.07) is 6.83. The zero-order chi connectivity index (χ0) is 32.2. The Morgan fingerprint density at radius 3 is 2.50 bits per heavy atom. The first-order valence-corrected chi connectivity index (χ1v) is 15.7. The van der Waals surface area contributed by atoms with Gasteiger partial charge < -0.3 is 29.7 Å². The second-order valence-corrected chi connectivity index (χ2v) is 12.4. The molecule has 2 bridgehead atoms. The van der Waals surface area contributed by atoms with E-state index in [1.165, 1.54) is 4.90 Å². The number of rotatable bonds is 15. The van der Waals surface area contributed by atoms with Crippen LogP contribution in [0.15, 0.2) is 55.6 Å². The second kappa shape index (κ2) is 14.1. The minimum absolute atomic E-state index is 0.170. The maximum atomic E-state index is 14.3. The number of fused-ring (bicyclic) bond motifs is 1. The van der Waals surface area contributed by atoms with Crippen LogP contribution in [0.1, 0.15) is 71.5 Å². The Labute approximate surface area is 260 Å². The number of hydrogen-bond donors (Lipinski definition) is 2. The van der Waals surface area contributed by atoms with E-state index in [9.17, 15) is 24.3 Å². The van der Waals surface area contributed by atoms with Crippen LogP contribution < -0.4 is 5.32 Å². The van der Waals surface area contributed by atoms with E-state index >= 15 is 0 Å². The smallest absolute Gasteiger partial charge is 0.313 e.